The summed E-state index contributed by atoms with van der Waals surface area (Å²) in [5, 5.41) is 7.80. The zero-order chi connectivity index (χ0) is 17.6. The second kappa shape index (κ2) is 7.77. The van der Waals surface area contributed by atoms with Crippen LogP contribution in [0.5, 0.6) is 0 Å². The van der Waals surface area contributed by atoms with Gasteiger partial charge in [0.25, 0.3) is 0 Å². The van der Waals surface area contributed by atoms with Crippen LogP contribution < -0.4 is 10.7 Å². The molecule has 0 saturated carbocycles. The van der Waals surface area contributed by atoms with E-state index in [1.54, 1.807) is 6.21 Å². The third-order valence-electron chi connectivity index (χ3n) is 3.89. The highest BCUT2D eigenvalue weighted by molar-refractivity contribution is 7.80. The molecule has 0 aliphatic carbocycles. The summed E-state index contributed by atoms with van der Waals surface area (Å²) < 4.78 is 2.21. The number of benzene rings is 2. The van der Waals surface area contributed by atoms with Crippen LogP contribution in [0.2, 0.25) is 0 Å². The van der Waals surface area contributed by atoms with Crippen molar-refractivity contribution in [1.29, 1.82) is 0 Å². The van der Waals surface area contributed by atoms with Gasteiger partial charge in [0.1, 0.15) is 0 Å². The van der Waals surface area contributed by atoms with E-state index in [0.29, 0.717) is 5.11 Å². The van der Waals surface area contributed by atoms with E-state index < -0.39 is 0 Å². The van der Waals surface area contributed by atoms with E-state index in [9.17, 15) is 0 Å². The summed E-state index contributed by atoms with van der Waals surface area (Å²) in [6, 6.07) is 22.2. The Morgan fingerprint density at radius 2 is 1.64 bits per heavy atom. The Kier molecular flexibility index (Phi) is 5.26. The quantitative estimate of drug-likeness (QED) is 0.417. The van der Waals surface area contributed by atoms with E-state index in [-0.39, 0.29) is 0 Å². The normalized spacial score (nSPS) is 10.8. The van der Waals surface area contributed by atoms with Crippen LogP contribution in [-0.4, -0.2) is 15.9 Å². The number of aryl methyl sites for hydroxylation is 1. The van der Waals surface area contributed by atoms with Crippen LogP contribution in [0.25, 0.3) is 5.69 Å². The number of nitrogens with zero attached hydrogens (tertiary/aromatic N) is 2. The summed E-state index contributed by atoms with van der Waals surface area (Å²) in [7, 11) is 0. The summed E-state index contributed by atoms with van der Waals surface area (Å²) in [5.41, 5.74) is 8.28. The highest BCUT2D eigenvalue weighted by Gasteiger charge is 2.08. The SMILES string of the molecule is Cc1cc(C=NNC(=S)Nc2ccccc2)c(C)n1-c1ccccc1. The fourth-order valence-corrected chi connectivity index (χ4v) is 2.90. The largest absolute Gasteiger partial charge is 0.331 e. The molecule has 0 atom stereocenters. The molecule has 0 amide bonds. The standard InChI is InChI=1S/C20H20N4S/c1-15-13-17(16(2)24(15)19-11-7-4-8-12-19)14-21-23-20(25)22-18-9-5-3-6-10-18/h3-14H,1-2H3,(H2,22,23,25). The first-order valence-electron chi connectivity index (χ1n) is 8.04. The van der Waals surface area contributed by atoms with Gasteiger partial charge in [0.15, 0.2) is 5.11 Å². The summed E-state index contributed by atoms with van der Waals surface area (Å²) in [6.45, 7) is 4.17. The summed E-state index contributed by atoms with van der Waals surface area (Å²) in [4.78, 5) is 0. The number of hydrazone groups is 1. The molecule has 3 rings (SSSR count). The van der Waals surface area contributed by atoms with E-state index in [2.05, 4.69) is 52.5 Å². The number of aromatic nitrogens is 1. The Balaban J connectivity index is 1.69. The van der Waals surface area contributed by atoms with Gasteiger partial charge in [-0.2, -0.15) is 5.10 Å². The first-order valence-corrected chi connectivity index (χ1v) is 8.45. The van der Waals surface area contributed by atoms with Gasteiger partial charge in [-0.3, -0.25) is 5.43 Å². The molecule has 1 aromatic heterocycles. The minimum atomic E-state index is 0.458. The molecule has 126 valence electrons. The first kappa shape index (κ1) is 16.9. The smallest absolute Gasteiger partial charge is 0.191 e. The fraction of sp³-hybridized carbons (Fsp3) is 0.100. The highest BCUT2D eigenvalue weighted by Crippen LogP contribution is 2.19. The lowest BCUT2D eigenvalue weighted by Crippen LogP contribution is -2.23. The molecule has 0 aliphatic rings. The maximum absolute atomic E-state index is 5.25. The van der Waals surface area contributed by atoms with Crippen molar-refractivity contribution in [3.63, 3.8) is 0 Å². The van der Waals surface area contributed by atoms with Crippen LogP contribution in [0, 0.1) is 13.8 Å². The van der Waals surface area contributed by atoms with Crippen molar-refractivity contribution in [3.05, 3.63) is 83.7 Å². The van der Waals surface area contributed by atoms with E-state index in [1.807, 2.05) is 48.5 Å². The average molecular weight is 348 g/mol. The zero-order valence-corrected chi connectivity index (χ0v) is 15.0. The number of hydrogen-bond donors (Lipinski definition) is 2. The zero-order valence-electron chi connectivity index (χ0n) is 14.2. The summed E-state index contributed by atoms with van der Waals surface area (Å²) in [6.07, 6.45) is 1.79. The average Bonchev–Trinajstić information content (AvgIpc) is 2.90. The predicted octanol–water partition coefficient (Wildman–Crippen LogP) is 4.41. The molecule has 0 saturated heterocycles. The van der Waals surface area contributed by atoms with Gasteiger partial charge in [0, 0.05) is 28.3 Å². The molecule has 4 nitrogen and oxygen atoms in total. The molecule has 3 aromatic rings. The molecule has 1 heterocycles. The van der Waals surface area contributed by atoms with Gasteiger partial charge in [-0.1, -0.05) is 36.4 Å². The molecular weight excluding hydrogens is 328 g/mol. The number of thiocarbonyl (C=S) groups is 1. The highest BCUT2D eigenvalue weighted by atomic mass is 32.1. The van der Waals surface area contributed by atoms with Crippen LogP contribution in [0.3, 0.4) is 0 Å². The Morgan fingerprint density at radius 3 is 2.32 bits per heavy atom. The summed E-state index contributed by atoms with van der Waals surface area (Å²) >= 11 is 5.25. The van der Waals surface area contributed by atoms with Crippen molar-refractivity contribution in [3.8, 4) is 5.69 Å². The van der Waals surface area contributed by atoms with Gasteiger partial charge in [-0.25, -0.2) is 0 Å². The molecular formula is C20H20N4S. The topological polar surface area (TPSA) is 41.4 Å². The van der Waals surface area contributed by atoms with Crippen LogP contribution in [0.4, 0.5) is 5.69 Å². The van der Waals surface area contributed by atoms with Crippen molar-refractivity contribution in [2.24, 2.45) is 5.10 Å². The predicted molar refractivity (Wildman–Crippen MR) is 109 cm³/mol. The van der Waals surface area contributed by atoms with Gasteiger partial charge < -0.3 is 9.88 Å². The lowest BCUT2D eigenvalue weighted by atomic mass is 10.2. The molecule has 2 N–H and O–H groups in total. The first-order chi connectivity index (χ1) is 12.1. The van der Waals surface area contributed by atoms with Crippen molar-refractivity contribution in [1.82, 2.24) is 9.99 Å². The lowest BCUT2D eigenvalue weighted by molar-refractivity contribution is 0.964. The molecule has 0 spiro atoms. The van der Waals surface area contributed by atoms with Crippen LogP contribution >= 0.6 is 12.2 Å². The van der Waals surface area contributed by atoms with E-state index >= 15 is 0 Å². The second-order valence-electron chi connectivity index (χ2n) is 5.69. The number of hydrogen-bond acceptors (Lipinski definition) is 2. The van der Waals surface area contributed by atoms with Crippen molar-refractivity contribution < 1.29 is 0 Å². The molecule has 2 aromatic carbocycles. The number of rotatable bonds is 4. The molecule has 0 unspecified atom stereocenters. The Bertz CT molecular complexity index is 883. The minimum absolute atomic E-state index is 0.458. The third-order valence-corrected chi connectivity index (χ3v) is 4.08. The number of anilines is 1. The molecule has 5 heteroatoms. The van der Waals surface area contributed by atoms with Gasteiger partial charge in [0.05, 0.1) is 6.21 Å². The number of para-hydroxylation sites is 2. The van der Waals surface area contributed by atoms with Crippen molar-refractivity contribution in [2.45, 2.75) is 13.8 Å². The summed E-state index contributed by atoms with van der Waals surface area (Å²) in [5.74, 6) is 0. The molecule has 25 heavy (non-hydrogen) atoms. The van der Waals surface area contributed by atoms with Crippen LogP contribution in [0.15, 0.2) is 71.8 Å². The molecule has 0 fully saturated rings. The second-order valence-corrected chi connectivity index (χ2v) is 6.10. The van der Waals surface area contributed by atoms with Crippen molar-refractivity contribution in [2.75, 3.05) is 5.32 Å². The maximum Gasteiger partial charge on any atom is 0.191 e. The van der Waals surface area contributed by atoms with E-state index in [1.165, 1.54) is 0 Å². The minimum Gasteiger partial charge on any atom is -0.331 e. The van der Waals surface area contributed by atoms with E-state index in [0.717, 1.165) is 28.3 Å². The van der Waals surface area contributed by atoms with Gasteiger partial charge in [0.2, 0.25) is 0 Å². The van der Waals surface area contributed by atoms with Gasteiger partial charge >= 0.3 is 0 Å². The van der Waals surface area contributed by atoms with Crippen LogP contribution in [-0.2, 0) is 0 Å². The molecule has 0 radical (unpaired) electrons. The van der Waals surface area contributed by atoms with E-state index in [4.69, 9.17) is 12.2 Å². The third kappa shape index (κ3) is 4.14. The van der Waals surface area contributed by atoms with Gasteiger partial charge in [-0.05, 0) is 56.4 Å². The molecule has 0 aliphatic heterocycles. The van der Waals surface area contributed by atoms with Crippen molar-refractivity contribution >= 4 is 29.2 Å². The Morgan fingerprint density at radius 1 is 1.00 bits per heavy atom. The van der Waals surface area contributed by atoms with Gasteiger partial charge in [-0.15, -0.1) is 0 Å². The Hall–Kier alpha value is -2.92. The lowest BCUT2D eigenvalue weighted by Gasteiger charge is -2.09. The Labute approximate surface area is 153 Å². The maximum atomic E-state index is 5.25. The number of nitrogens with one attached hydrogen (secondary N) is 2. The fourth-order valence-electron chi connectivity index (χ4n) is 2.73. The molecule has 0 bridgehead atoms. The monoisotopic (exact) mass is 348 g/mol. The van der Waals surface area contributed by atoms with Crippen LogP contribution in [0.1, 0.15) is 17.0 Å².